The van der Waals surface area contributed by atoms with Crippen LogP contribution >= 0.6 is 11.6 Å². The third kappa shape index (κ3) is 3.33. The highest BCUT2D eigenvalue weighted by molar-refractivity contribution is 6.31. The molecular weight excluding hydrogens is 234 g/mol. The van der Waals surface area contributed by atoms with E-state index in [1.54, 1.807) is 6.20 Å². The average Bonchev–Trinajstić information content (AvgIpc) is 2.26. The van der Waals surface area contributed by atoms with Crippen molar-refractivity contribution in [3.63, 3.8) is 0 Å². The van der Waals surface area contributed by atoms with Crippen molar-refractivity contribution in [3.05, 3.63) is 22.3 Å². The Bertz CT molecular complexity index is 375. The summed E-state index contributed by atoms with van der Waals surface area (Å²) in [7, 11) is 0. The van der Waals surface area contributed by atoms with Crippen LogP contribution in [0.2, 0.25) is 5.02 Å². The standard InChI is InChI=1S/C13H22ClN3/c1-8(2)11-10(14)7-17-13(16-6-5-15)12(11)9(3)4/h7-9H,5-6,15H2,1-4H3,(H,16,17). The van der Waals surface area contributed by atoms with E-state index in [1.165, 1.54) is 11.1 Å². The summed E-state index contributed by atoms with van der Waals surface area (Å²) in [6.45, 7) is 9.95. The van der Waals surface area contributed by atoms with Gasteiger partial charge in [0.25, 0.3) is 0 Å². The third-order valence-electron chi connectivity index (χ3n) is 2.70. The van der Waals surface area contributed by atoms with Crippen molar-refractivity contribution < 1.29 is 0 Å². The maximum Gasteiger partial charge on any atom is 0.129 e. The molecule has 17 heavy (non-hydrogen) atoms. The molecule has 1 aromatic rings. The first kappa shape index (κ1) is 14.3. The molecule has 0 bridgehead atoms. The number of anilines is 1. The van der Waals surface area contributed by atoms with Gasteiger partial charge in [-0.05, 0) is 17.4 Å². The molecule has 3 nitrogen and oxygen atoms in total. The zero-order valence-electron chi connectivity index (χ0n) is 11.0. The van der Waals surface area contributed by atoms with Crippen molar-refractivity contribution in [1.29, 1.82) is 0 Å². The zero-order valence-corrected chi connectivity index (χ0v) is 11.8. The minimum absolute atomic E-state index is 0.388. The molecule has 0 aliphatic carbocycles. The van der Waals surface area contributed by atoms with Gasteiger partial charge >= 0.3 is 0 Å². The Balaban J connectivity index is 3.26. The third-order valence-corrected chi connectivity index (χ3v) is 3.00. The van der Waals surface area contributed by atoms with Crippen molar-refractivity contribution in [1.82, 2.24) is 4.98 Å². The molecule has 0 atom stereocenters. The van der Waals surface area contributed by atoms with E-state index in [9.17, 15) is 0 Å². The van der Waals surface area contributed by atoms with Crippen molar-refractivity contribution in [2.45, 2.75) is 39.5 Å². The maximum absolute atomic E-state index is 6.26. The van der Waals surface area contributed by atoms with E-state index >= 15 is 0 Å². The Hall–Kier alpha value is -0.800. The molecule has 96 valence electrons. The SMILES string of the molecule is CC(C)c1c(Cl)cnc(NCCN)c1C(C)C. The van der Waals surface area contributed by atoms with Gasteiger partial charge in [0, 0.05) is 24.8 Å². The minimum Gasteiger partial charge on any atom is -0.369 e. The molecule has 0 amide bonds. The molecule has 0 aliphatic heterocycles. The van der Waals surface area contributed by atoms with E-state index in [1.807, 2.05) is 0 Å². The van der Waals surface area contributed by atoms with Crippen LogP contribution in [0.1, 0.15) is 50.7 Å². The number of nitrogens with zero attached hydrogens (tertiary/aromatic N) is 1. The van der Waals surface area contributed by atoms with Crippen molar-refractivity contribution >= 4 is 17.4 Å². The first-order valence-electron chi connectivity index (χ1n) is 6.11. The van der Waals surface area contributed by atoms with Gasteiger partial charge in [0.2, 0.25) is 0 Å². The monoisotopic (exact) mass is 255 g/mol. The fourth-order valence-corrected chi connectivity index (χ4v) is 2.39. The number of hydrogen-bond acceptors (Lipinski definition) is 3. The predicted octanol–water partition coefficient (Wildman–Crippen LogP) is 3.35. The van der Waals surface area contributed by atoms with E-state index in [0.717, 1.165) is 17.4 Å². The van der Waals surface area contributed by atoms with Gasteiger partial charge in [-0.2, -0.15) is 0 Å². The molecule has 1 aromatic heterocycles. The molecule has 0 radical (unpaired) electrons. The second kappa shape index (κ2) is 6.22. The van der Waals surface area contributed by atoms with Crippen molar-refractivity contribution in [2.75, 3.05) is 18.4 Å². The van der Waals surface area contributed by atoms with Gasteiger partial charge in [0.05, 0.1) is 5.02 Å². The molecule has 0 saturated heterocycles. The number of halogens is 1. The molecule has 3 N–H and O–H groups in total. The number of nitrogens with one attached hydrogen (secondary N) is 1. The lowest BCUT2D eigenvalue weighted by Crippen LogP contribution is -2.16. The van der Waals surface area contributed by atoms with Crippen molar-refractivity contribution in [2.24, 2.45) is 5.73 Å². The Labute approximate surface area is 109 Å². The van der Waals surface area contributed by atoms with Crippen LogP contribution in [0.25, 0.3) is 0 Å². The molecule has 0 spiro atoms. The fraction of sp³-hybridized carbons (Fsp3) is 0.615. The summed E-state index contributed by atoms with van der Waals surface area (Å²) in [4.78, 5) is 4.38. The quantitative estimate of drug-likeness (QED) is 0.848. The predicted molar refractivity (Wildman–Crippen MR) is 75.0 cm³/mol. The van der Waals surface area contributed by atoms with Crippen LogP contribution in [0.5, 0.6) is 0 Å². The van der Waals surface area contributed by atoms with Gasteiger partial charge in [-0.1, -0.05) is 39.3 Å². The smallest absolute Gasteiger partial charge is 0.129 e. The highest BCUT2D eigenvalue weighted by Crippen LogP contribution is 2.35. The van der Waals surface area contributed by atoms with Gasteiger partial charge < -0.3 is 11.1 Å². The zero-order chi connectivity index (χ0) is 13.0. The highest BCUT2D eigenvalue weighted by Gasteiger charge is 2.18. The van der Waals surface area contributed by atoms with Gasteiger partial charge in [0.15, 0.2) is 0 Å². The lowest BCUT2D eigenvalue weighted by Gasteiger charge is -2.21. The summed E-state index contributed by atoms with van der Waals surface area (Å²) in [5.41, 5.74) is 7.91. The normalized spacial score (nSPS) is 11.3. The molecule has 1 heterocycles. The Morgan fingerprint density at radius 1 is 1.24 bits per heavy atom. The Morgan fingerprint density at radius 2 is 1.82 bits per heavy atom. The first-order valence-corrected chi connectivity index (χ1v) is 6.49. The first-order chi connectivity index (χ1) is 7.99. The highest BCUT2D eigenvalue weighted by atomic mass is 35.5. The Kier molecular flexibility index (Phi) is 5.22. The van der Waals surface area contributed by atoms with Gasteiger partial charge in [-0.3, -0.25) is 0 Å². The summed E-state index contributed by atoms with van der Waals surface area (Å²) >= 11 is 6.26. The van der Waals surface area contributed by atoms with Crippen LogP contribution in [0, 0.1) is 0 Å². The second-order valence-corrected chi connectivity index (χ2v) is 5.21. The largest absolute Gasteiger partial charge is 0.369 e. The summed E-state index contributed by atoms with van der Waals surface area (Å²) < 4.78 is 0. The van der Waals surface area contributed by atoms with Crippen LogP contribution in [-0.4, -0.2) is 18.1 Å². The molecule has 0 unspecified atom stereocenters. The van der Waals surface area contributed by atoms with E-state index in [2.05, 4.69) is 38.0 Å². The van der Waals surface area contributed by atoms with Crippen LogP contribution in [0.4, 0.5) is 5.82 Å². The topological polar surface area (TPSA) is 50.9 Å². The molecule has 0 saturated carbocycles. The maximum atomic E-state index is 6.26. The lowest BCUT2D eigenvalue weighted by atomic mass is 9.91. The van der Waals surface area contributed by atoms with E-state index in [-0.39, 0.29) is 0 Å². The van der Waals surface area contributed by atoms with Crippen LogP contribution < -0.4 is 11.1 Å². The van der Waals surface area contributed by atoms with E-state index in [4.69, 9.17) is 17.3 Å². The van der Waals surface area contributed by atoms with Crippen LogP contribution in [0.3, 0.4) is 0 Å². The number of nitrogens with two attached hydrogens (primary N) is 1. The number of rotatable bonds is 5. The summed E-state index contributed by atoms with van der Waals surface area (Å²) in [5.74, 6) is 1.69. The summed E-state index contributed by atoms with van der Waals surface area (Å²) in [5, 5.41) is 4.02. The van der Waals surface area contributed by atoms with E-state index < -0.39 is 0 Å². The number of hydrogen-bond donors (Lipinski definition) is 2. The molecular formula is C13H22ClN3. The molecule has 0 fully saturated rings. The Morgan fingerprint density at radius 3 is 2.29 bits per heavy atom. The fourth-order valence-electron chi connectivity index (χ4n) is 2.02. The molecule has 0 aromatic carbocycles. The number of pyridine rings is 1. The average molecular weight is 256 g/mol. The van der Waals surface area contributed by atoms with Crippen molar-refractivity contribution in [3.8, 4) is 0 Å². The van der Waals surface area contributed by atoms with Gasteiger partial charge in [-0.25, -0.2) is 4.98 Å². The lowest BCUT2D eigenvalue weighted by molar-refractivity contribution is 0.783. The van der Waals surface area contributed by atoms with E-state index in [0.29, 0.717) is 18.4 Å². The minimum atomic E-state index is 0.388. The summed E-state index contributed by atoms with van der Waals surface area (Å²) in [6.07, 6.45) is 1.72. The second-order valence-electron chi connectivity index (χ2n) is 4.81. The molecule has 4 heteroatoms. The van der Waals surface area contributed by atoms with Crippen LogP contribution in [0.15, 0.2) is 6.20 Å². The molecule has 1 rings (SSSR count). The van der Waals surface area contributed by atoms with Gasteiger partial charge in [-0.15, -0.1) is 0 Å². The van der Waals surface area contributed by atoms with Gasteiger partial charge in [0.1, 0.15) is 5.82 Å². The molecule has 0 aliphatic rings. The number of aromatic nitrogens is 1. The van der Waals surface area contributed by atoms with Crippen LogP contribution in [-0.2, 0) is 0 Å². The summed E-state index contributed by atoms with van der Waals surface area (Å²) in [6, 6.07) is 0.